The van der Waals surface area contributed by atoms with E-state index in [0.29, 0.717) is 46.2 Å². The van der Waals surface area contributed by atoms with Crippen LogP contribution in [0.1, 0.15) is 48.4 Å². The number of aryl methyl sites for hydroxylation is 1. The first-order valence-corrected chi connectivity index (χ1v) is 10.0. The summed E-state index contributed by atoms with van der Waals surface area (Å²) in [6, 6.07) is 4.65. The Morgan fingerprint density at radius 1 is 1.37 bits per heavy atom. The van der Waals surface area contributed by atoms with E-state index in [4.69, 9.17) is 9.15 Å². The third-order valence-electron chi connectivity index (χ3n) is 5.42. The first-order valence-electron chi connectivity index (χ1n) is 10.0. The lowest BCUT2D eigenvalue weighted by atomic mass is 10.1. The molecule has 158 valence electrons. The lowest BCUT2D eigenvalue weighted by Gasteiger charge is -2.20. The van der Waals surface area contributed by atoms with Gasteiger partial charge in [0.1, 0.15) is 29.5 Å². The fourth-order valence-electron chi connectivity index (χ4n) is 3.48. The van der Waals surface area contributed by atoms with Gasteiger partial charge in [-0.2, -0.15) is 0 Å². The summed E-state index contributed by atoms with van der Waals surface area (Å²) >= 11 is 0. The minimum atomic E-state index is -0.415. The molecule has 1 N–H and O–H groups in total. The molecule has 1 aliphatic carbocycles. The van der Waals surface area contributed by atoms with Crippen LogP contribution in [-0.2, 0) is 6.54 Å². The normalized spacial score (nSPS) is 14.6. The standard InChI is InChI=1S/C22H25FN4O3/c1-5-29-16-8-6-7-15(23)14(16)11-27(4)21(28)17-13(2)30-20-18(17)19(24-12-25-20)26-22(3)9-10-22/h6-8,12H,5,9-11H2,1-4H3,(H,24,25,26). The van der Waals surface area contributed by atoms with Crippen molar-refractivity contribution in [2.75, 3.05) is 19.0 Å². The quantitative estimate of drug-likeness (QED) is 0.623. The van der Waals surface area contributed by atoms with Crippen LogP contribution in [0.2, 0.25) is 0 Å². The number of carbonyl (C=O) groups excluding carboxylic acids is 1. The van der Waals surface area contributed by atoms with Gasteiger partial charge in [-0.3, -0.25) is 4.79 Å². The summed E-state index contributed by atoms with van der Waals surface area (Å²) in [5.41, 5.74) is 1.04. The van der Waals surface area contributed by atoms with Gasteiger partial charge in [0, 0.05) is 18.2 Å². The summed E-state index contributed by atoms with van der Waals surface area (Å²) in [6.07, 6.45) is 3.49. The second kappa shape index (κ2) is 7.59. The molecule has 1 amide bonds. The molecule has 3 aromatic rings. The average Bonchev–Trinajstić information content (AvgIpc) is 3.32. The van der Waals surface area contributed by atoms with Crippen molar-refractivity contribution < 1.29 is 18.3 Å². The second-order valence-corrected chi connectivity index (χ2v) is 7.93. The molecule has 0 spiro atoms. The van der Waals surface area contributed by atoms with E-state index < -0.39 is 5.82 Å². The SMILES string of the molecule is CCOc1cccc(F)c1CN(C)C(=O)c1c(C)oc2ncnc(NC3(C)CC3)c12. The summed E-state index contributed by atoms with van der Waals surface area (Å²) in [7, 11) is 1.63. The molecule has 0 unspecified atom stereocenters. The zero-order valence-corrected chi connectivity index (χ0v) is 17.6. The zero-order chi connectivity index (χ0) is 21.5. The number of rotatable bonds is 7. The maximum atomic E-state index is 14.5. The van der Waals surface area contributed by atoms with Crippen LogP contribution < -0.4 is 10.1 Å². The Kier molecular flexibility index (Phi) is 5.09. The third-order valence-corrected chi connectivity index (χ3v) is 5.42. The van der Waals surface area contributed by atoms with E-state index >= 15 is 0 Å². The highest BCUT2D eigenvalue weighted by Crippen LogP contribution is 2.40. The number of anilines is 1. The number of fused-ring (bicyclic) bond motifs is 1. The molecule has 1 fully saturated rings. The maximum absolute atomic E-state index is 14.5. The number of ether oxygens (including phenoxy) is 1. The van der Waals surface area contributed by atoms with Crippen molar-refractivity contribution in [3.8, 4) is 5.75 Å². The molecule has 1 aliphatic rings. The van der Waals surface area contributed by atoms with Gasteiger partial charge in [-0.15, -0.1) is 0 Å². The molecule has 1 saturated carbocycles. The van der Waals surface area contributed by atoms with Crippen LogP contribution in [0, 0.1) is 12.7 Å². The van der Waals surface area contributed by atoms with Gasteiger partial charge in [0.2, 0.25) is 5.71 Å². The van der Waals surface area contributed by atoms with Crippen LogP contribution in [0.15, 0.2) is 28.9 Å². The van der Waals surface area contributed by atoms with E-state index in [9.17, 15) is 9.18 Å². The van der Waals surface area contributed by atoms with E-state index in [-0.39, 0.29) is 18.0 Å². The average molecular weight is 412 g/mol. The predicted molar refractivity (Wildman–Crippen MR) is 111 cm³/mol. The van der Waals surface area contributed by atoms with E-state index in [2.05, 4.69) is 22.2 Å². The fourth-order valence-corrected chi connectivity index (χ4v) is 3.48. The monoisotopic (exact) mass is 412 g/mol. The minimum absolute atomic E-state index is 0.0295. The number of halogens is 1. The predicted octanol–water partition coefficient (Wildman–Crippen LogP) is 4.31. The molecule has 1 aromatic carbocycles. The van der Waals surface area contributed by atoms with E-state index in [0.717, 1.165) is 12.8 Å². The van der Waals surface area contributed by atoms with Gasteiger partial charge in [0.15, 0.2) is 0 Å². The highest BCUT2D eigenvalue weighted by Gasteiger charge is 2.38. The Hall–Kier alpha value is -3.16. The summed E-state index contributed by atoms with van der Waals surface area (Å²) in [5.74, 6) is 0.746. The number of amides is 1. The van der Waals surface area contributed by atoms with Gasteiger partial charge < -0.3 is 19.4 Å². The van der Waals surface area contributed by atoms with Gasteiger partial charge >= 0.3 is 0 Å². The number of hydrogen-bond donors (Lipinski definition) is 1. The summed E-state index contributed by atoms with van der Waals surface area (Å²) in [5, 5.41) is 3.96. The van der Waals surface area contributed by atoms with Gasteiger partial charge in [-0.1, -0.05) is 6.07 Å². The molecular weight excluding hydrogens is 387 g/mol. The number of benzene rings is 1. The lowest BCUT2D eigenvalue weighted by molar-refractivity contribution is 0.0782. The summed E-state index contributed by atoms with van der Waals surface area (Å²) in [6.45, 7) is 6.13. The van der Waals surface area contributed by atoms with Crippen molar-refractivity contribution in [1.82, 2.24) is 14.9 Å². The first kappa shape index (κ1) is 20.1. The van der Waals surface area contributed by atoms with Crippen molar-refractivity contribution in [2.45, 2.75) is 45.7 Å². The first-order chi connectivity index (χ1) is 14.3. The van der Waals surface area contributed by atoms with Crippen molar-refractivity contribution in [2.24, 2.45) is 0 Å². The van der Waals surface area contributed by atoms with Crippen LogP contribution in [0.5, 0.6) is 5.75 Å². The molecule has 0 radical (unpaired) electrons. The molecule has 7 nitrogen and oxygen atoms in total. The smallest absolute Gasteiger partial charge is 0.258 e. The molecule has 0 aliphatic heterocycles. The summed E-state index contributed by atoms with van der Waals surface area (Å²) < 4.78 is 25.7. The van der Waals surface area contributed by atoms with E-state index in [1.165, 1.54) is 17.3 Å². The Balaban J connectivity index is 1.69. The Morgan fingerprint density at radius 3 is 2.83 bits per heavy atom. The van der Waals surface area contributed by atoms with Gasteiger partial charge in [0.25, 0.3) is 5.91 Å². The number of hydrogen-bond acceptors (Lipinski definition) is 6. The van der Waals surface area contributed by atoms with E-state index in [1.54, 1.807) is 26.1 Å². The highest BCUT2D eigenvalue weighted by atomic mass is 19.1. The Morgan fingerprint density at radius 2 is 2.13 bits per heavy atom. The maximum Gasteiger partial charge on any atom is 0.258 e. The highest BCUT2D eigenvalue weighted by molar-refractivity contribution is 6.10. The second-order valence-electron chi connectivity index (χ2n) is 7.93. The van der Waals surface area contributed by atoms with Gasteiger partial charge in [-0.05, 0) is 45.7 Å². The lowest BCUT2D eigenvalue weighted by Crippen LogP contribution is -2.27. The van der Waals surface area contributed by atoms with Gasteiger partial charge in [0.05, 0.1) is 24.1 Å². The van der Waals surface area contributed by atoms with Crippen molar-refractivity contribution in [3.05, 3.63) is 47.2 Å². The molecule has 4 rings (SSSR count). The van der Waals surface area contributed by atoms with Crippen molar-refractivity contribution >= 4 is 22.8 Å². The number of nitrogens with one attached hydrogen (secondary N) is 1. The molecule has 30 heavy (non-hydrogen) atoms. The minimum Gasteiger partial charge on any atom is -0.493 e. The molecule has 2 aromatic heterocycles. The number of furan rings is 1. The fraction of sp³-hybridized carbons (Fsp3) is 0.409. The molecule has 0 atom stereocenters. The van der Waals surface area contributed by atoms with Crippen molar-refractivity contribution in [3.63, 3.8) is 0 Å². The van der Waals surface area contributed by atoms with Crippen LogP contribution in [-0.4, -0.2) is 40.0 Å². The molecule has 2 heterocycles. The molecule has 8 heteroatoms. The molecule has 0 saturated heterocycles. The van der Waals surface area contributed by atoms with Gasteiger partial charge in [-0.25, -0.2) is 14.4 Å². The zero-order valence-electron chi connectivity index (χ0n) is 17.6. The van der Waals surface area contributed by atoms with Crippen molar-refractivity contribution in [1.29, 1.82) is 0 Å². The van der Waals surface area contributed by atoms with E-state index in [1.807, 2.05) is 6.92 Å². The Labute approximate surface area is 174 Å². The van der Waals surface area contributed by atoms with Crippen LogP contribution in [0.3, 0.4) is 0 Å². The largest absolute Gasteiger partial charge is 0.493 e. The number of nitrogens with zero attached hydrogens (tertiary/aromatic N) is 3. The molecular formula is C22H25FN4O3. The Bertz CT molecular complexity index is 1110. The third kappa shape index (κ3) is 3.69. The van der Waals surface area contributed by atoms with Crippen LogP contribution >= 0.6 is 0 Å². The number of carbonyl (C=O) groups is 1. The van der Waals surface area contributed by atoms with Crippen LogP contribution in [0.4, 0.5) is 10.2 Å². The number of aromatic nitrogens is 2. The van der Waals surface area contributed by atoms with Crippen LogP contribution in [0.25, 0.3) is 11.1 Å². The summed E-state index contributed by atoms with van der Waals surface area (Å²) in [4.78, 5) is 23.4. The molecule has 0 bridgehead atoms. The topological polar surface area (TPSA) is 80.5 Å².